The number of nitro groups is 1. The van der Waals surface area contributed by atoms with E-state index >= 15 is 0 Å². The van der Waals surface area contributed by atoms with Gasteiger partial charge in [-0.05, 0) is 24.1 Å². The molecule has 0 radical (unpaired) electrons. The van der Waals surface area contributed by atoms with E-state index in [2.05, 4.69) is 9.97 Å². The Morgan fingerprint density at radius 1 is 1.39 bits per heavy atom. The quantitative estimate of drug-likeness (QED) is 0.491. The van der Waals surface area contributed by atoms with Crippen molar-refractivity contribution in [3.05, 3.63) is 45.5 Å². The van der Waals surface area contributed by atoms with Crippen LogP contribution in [0.25, 0.3) is 11.1 Å². The summed E-state index contributed by atoms with van der Waals surface area (Å²) in [5.41, 5.74) is 5.56. The lowest BCUT2D eigenvalue weighted by atomic mass is 10.0. The van der Waals surface area contributed by atoms with Crippen molar-refractivity contribution in [3.8, 4) is 16.9 Å². The number of primary amides is 1. The fourth-order valence-corrected chi connectivity index (χ4v) is 2.03. The van der Waals surface area contributed by atoms with Gasteiger partial charge in [0.05, 0.1) is 17.1 Å². The highest BCUT2D eigenvalue weighted by atomic mass is 35.5. The third-order valence-electron chi connectivity index (χ3n) is 2.94. The number of halogens is 1. The van der Waals surface area contributed by atoms with Crippen LogP contribution >= 0.6 is 11.6 Å². The van der Waals surface area contributed by atoms with E-state index in [1.807, 2.05) is 6.92 Å². The largest absolute Gasteiger partial charge is 0.487 e. The average molecular weight is 337 g/mol. The molecule has 0 bridgehead atoms. The van der Waals surface area contributed by atoms with Crippen molar-refractivity contribution in [1.82, 2.24) is 9.97 Å². The number of benzene rings is 1. The second-order valence-corrected chi connectivity index (χ2v) is 4.92. The van der Waals surface area contributed by atoms with Crippen LogP contribution in [0.2, 0.25) is 5.28 Å². The standard InChI is InChI=1S/C14H13ClN4O4/c1-2-3-23-11-5-8(13(16)20)4-10(12(11)19(21)22)9-6-17-14(15)18-7-9/h4-7H,2-3H2,1H3,(H2,16,20). The van der Waals surface area contributed by atoms with E-state index in [0.29, 0.717) is 12.0 Å². The zero-order chi connectivity index (χ0) is 17.0. The third kappa shape index (κ3) is 3.72. The number of nitrogens with two attached hydrogens (primary N) is 1. The summed E-state index contributed by atoms with van der Waals surface area (Å²) in [5, 5.41) is 11.5. The summed E-state index contributed by atoms with van der Waals surface area (Å²) in [6.45, 7) is 2.12. The minimum Gasteiger partial charge on any atom is -0.487 e. The van der Waals surface area contributed by atoms with Crippen molar-refractivity contribution in [2.45, 2.75) is 13.3 Å². The highest BCUT2D eigenvalue weighted by Crippen LogP contribution is 2.38. The van der Waals surface area contributed by atoms with Crippen molar-refractivity contribution in [1.29, 1.82) is 0 Å². The van der Waals surface area contributed by atoms with Crippen molar-refractivity contribution < 1.29 is 14.5 Å². The van der Waals surface area contributed by atoms with Crippen LogP contribution in [0, 0.1) is 10.1 Å². The van der Waals surface area contributed by atoms with Gasteiger partial charge in [-0.15, -0.1) is 0 Å². The number of carbonyl (C=O) groups excluding carboxylic acids is 1. The van der Waals surface area contributed by atoms with Crippen LogP contribution in [0.15, 0.2) is 24.5 Å². The lowest BCUT2D eigenvalue weighted by Crippen LogP contribution is -2.12. The predicted molar refractivity (Wildman–Crippen MR) is 83.4 cm³/mol. The van der Waals surface area contributed by atoms with Crippen LogP contribution in [0.4, 0.5) is 5.69 Å². The van der Waals surface area contributed by atoms with E-state index in [9.17, 15) is 14.9 Å². The first-order chi connectivity index (χ1) is 10.9. The number of hydrogen-bond donors (Lipinski definition) is 1. The predicted octanol–water partition coefficient (Wildman–Crippen LogP) is 2.59. The molecule has 0 fully saturated rings. The van der Waals surface area contributed by atoms with Crippen LogP contribution in [0.5, 0.6) is 5.75 Å². The molecule has 2 N–H and O–H groups in total. The van der Waals surface area contributed by atoms with Gasteiger partial charge in [-0.1, -0.05) is 6.92 Å². The number of aromatic nitrogens is 2. The molecule has 2 aromatic rings. The molecule has 9 heteroatoms. The molecule has 0 aliphatic heterocycles. The van der Waals surface area contributed by atoms with Gasteiger partial charge >= 0.3 is 5.69 Å². The first kappa shape index (κ1) is 16.6. The Kier molecular flexibility index (Phi) is 5.07. The summed E-state index contributed by atoms with van der Waals surface area (Å²) in [5.74, 6) is -0.754. The smallest absolute Gasteiger partial charge is 0.318 e. The number of hydrogen-bond acceptors (Lipinski definition) is 6. The zero-order valence-corrected chi connectivity index (χ0v) is 12.9. The first-order valence-corrected chi connectivity index (χ1v) is 7.04. The van der Waals surface area contributed by atoms with E-state index in [1.54, 1.807) is 0 Å². The maximum Gasteiger partial charge on any atom is 0.318 e. The molecular weight excluding hydrogens is 324 g/mol. The van der Waals surface area contributed by atoms with E-state index in [1.165, 1.54) is 24.5 Å². The van der Waals surface area contributed by atoms with Crippen molar-refractivity contribution in [3.63, 3.8) is 0 Å². The maximum atomic E-state index is 11.5. The molecule has 8 nitrogen and oxygen atoms in total. The molecule has 0 saturated carbocycles. The van der Waals surface area contributed by atoms with E-state index in [4.69, 9.17) is 22.1 Å². The van der Waals surface area contributed by atoms with Crippen LogP contribution in [0.1, 0.15) is 23.7 Å². The van der Waals surface area contributed by atoms with Gasteiger partial charge in [-0.25, -0.2) is 9.97 Å². The van der Waals surface area contributed by atoms with Gasteiger partial charge in [0.15, 0.2) is 5.75 Å². The molecule has 1 aromatic carbocycles. The Bertz CT molecular complexity index is 749. The van der Waals surface area contributed by atoms with Crippen LogP contribution < -0.4 is 10.5 Å². The summed E-state index contributed by atoms with van der Waals surface area (Å²) in [4.78, 5) is 30.0. The van der Waals surface area contributed by atoms with Gasteiger partial charge in [0.1, 0.15) is 0 Å². The van der Waals surface area contributed by atoms with E-state index < -0.39 is 10.8 Å². The Morgan fingerprint density at radius 2 is 2.04 bits per heavy atom. The minimum absolute atomic E-state index is 0.00455. The zero-order valence-electron chi connectivity index (χ0n) is 12.2. The lowest BCUT2D eigenvalue weighted by Gasteiger charge is -2.11. The summed E-state index contributed by atoms with van der Waals surface area (Å²) >= 11 is 5.63. The Labute approximate surface area is 136 Å². The molecule has 0 spiro atoms. The molecule has 23 heavy (non-hydrogen) atoms. The van der Waals surface area contributed by atoms with Gasteiger partial charge < -0.3 is 10.5 Å². The summed E-state index contributed by atoms with van der Waals surface area (Å²) in [6, 6.07) is 2.57. The highest BCUT2D eigenvalue weighted by Gasteiger charge is 2.25. The van der Waals surface area contributed by atoms with Crippen molar-refractivity contribution >= 4 is 23.2 Å². The fraction of sp³-hybridized carbons (Fsp3) is 0.214. The fourth-order valence-electron chi connectivity index (χ4n) is 1.93. The third-order valence-corrected chi connectivity index (χ3v) is 3.13. The molecule has 0 atom stereocenters. The van der Waals surface area contributed by atoms with E-state index in [0.717, 1.165) is 0 Å². The minimum atomic E-state index is -0.725. The van der Waals surface area contributed by atoms with Crippen molar-refractivity contribution in [2.75, 3.05) is 6.61 Å². The molecular formula is C14H13ClN4O4. The monoisotopic (exact) mass is 336 g/mol. The SMILES string of the molecule is CCCOc1cc(C(N)=O)cc(-c2cnc(Cl)nc2)c1[N+](=O)[O-]. The lowest BCUT2D eigenvalue weighted by molar-refractivity contribution is -0.385. The van der Waals surface area contributed by atoms with E-state index in [-0.39, 0.29) is 34.5 Å². The summed E-state index contributed by atoms with van der Waals surface area (Å²) in [6.07, 6.45) is 3.30. The average Bonchev–Trinajstić information content (AvgIpc) is 2.52. The van der Waals surface area contributed by atoms with Crippen LogP contribution in [0.3, 0.4) is 0 Å². The number of nitro benzene ring substituents is 1. The topological polar surface area (TPSA) is 121 Å². The maximum absolute atomic E-state index is 11.5. The highest BCUT2D eigenvalue weighted by molar-refractivity contribution is 6.28. The molecule has 0 aliphatic rings. The Balaban J connectivity index is 2.70. The molecule has 1 aromatic heterocycles. The first-order valence-electron chi connectivity index (χ1n) is 6.67. The Morgan fingerprint density at radius 3 is 2.57 bits per heavy atom. The summed E-state index contributed by atoms with van der Waals surface area (Å²) < 4.78 is 5.41. The number of nitrogens with zero attached hydrogens (tertiary/aromatic N) is 3. The second kappa shape index (κ2) is 7.01. The molecule has 120 valence electrons. The molecule has 0 unspecified atom stereocenters. The number of ether oxygens (including phenoxy) is 1. The van der Waals surface area contributed by atoms with Crippen molar-refractivity contribution in [2.24, 2.45) is 5.73 Å². The molecule has 1 amide bonds. The van der Waals surface area contributed by atoms with Gasteiger partial charge in [0.2, 0.25) is 11.2 Å². The van der Waals surface area contributed by atoms with Gasteiger partial charge in [0.25, 0.3) is 0 Å². The van der Waals surface area contributed by atoms with Crippen LogP contribution in [-0.2, 0) is 0 Å². The molecule has 1 heterocycles. The number of amides is 1. The molecule has 2 rings (SSSR count). The number of rotatable bonds is 6. The Hall–Kier alpha value is -2.74. The second-order valence-electron chi connectivity index (χ2n) is 4.58. The summed E-state index contributed by atoms with van der Waals surface area (Å²) in [7, 11) is 0. The van der Waals surface area contributed by atoms with Gasteiger partial charge in [-0.3, -0.25) is 14.9 Å². The van der Waals surface area contributed by atoms with Crippen LogP contribution in [-0.4, -0.2) is 27.4 Å². The van der Waals surface area contributed by atoms with Gasteiger partial charge in [-0.2, -0.15) is 0 Å². The number of carbonyl (C=O) groups is 1. The van der Waals surface area contributed by atoms with Gasteiger partial charge in [0, 0.05) is 29.6 Å². The normalized spacial score (nSPS) is 10.3. The molecule has 0 saturated heterocycles. The molecule has 0 aliphatic carbocycles.